The third-order valence-electron chi connectivity index (χ3n) is 2.21. The summed E-state index contributed by atoms with van der Waals surface area (Å²) in [5.41, 5.74) is -0.252. The van der Waals surface area contributed by atoms with Crippen LogP contribution in [0.15, 0.2) is 12.3 Å². The topological polar surface area (TPSA) is 56.3 Å². The lowest BCUT2D eigenvalue weighted by atomic mass is 10.1. The first kappa shape index (κ1) is 13.7. The highest BCUT2D eigenvalue weighted by Gasteiger charge is 2.16. The van der Waals surface area contributed by atoms with Gasteiger partial charge in [0.05, 0.1) is 11.7 Å². The summed E-state index contributed by atoms with van der Waals surface area (Å²) in [4.78, 5) is 8.38. The predicted molar refractivity (Wildman–Crippen MR) is 67.4 cm³/mol. The molecule has 0 aliphatic carbocycles. The highest BCUT2D eigenvalue weighted by Crippen LogP contribution is 2.12. The fourth-order valence-corrected chi connectivity index (χ4v) is 1.10. The SMILES string of the molecule is COC(C)(C)CNc1nccc(OC(C)C)n1. The molecule has 0 amide bonds. The maximum absolute atomic E-state index is 5.49. The van der Waals surface area contributed by atoms with Crippen LogP contribution in [0.25, 0.3) is 0 Å². The van der Waals surface area contributed by atoms with Gasteiger partial charge in [-0.3, -0.25) is 0 Å². The van der Waals surface area contributed by atoms with Gasteiger partial charge in [-0.15, -0.1) is 0 Å². The lowest BCUT2D eigenvalue weighted by Gasteiger charge is -2.23. The number of rotatable bonds is 6. The molecule has 0 spiro atoms. The maximum Gasteiger partial charge on any atom is 0.226 e. The van der Waals surface area contributed by atoms with Gasteiger partial charge < -0.3 is 14.8 Å². The molecule has 0 saturated heterocycles. The van der Waals surface area contributed by atoms with Crippen LogP contribution in [-0.4, -0.2) is 35.3 Å². The lowest BCUT2D eigenvalue weighted by Crippen LogP contribution is -2.32. The molecule has 0 aromatic carbocycles. The Bertz CT molecular complexity index is 353. The molecule has 0 saturated carbocycles. The second kappa shape index (κ2) is 5.82. The van der Waals surface area contributed by atoms with Gasteiger partial charge in [0.15, 0.2) is 0 Å². The predicted octanol–water partition coefficient (Wildman–Crippen LogP) is 2.10. The number of methoxy groups -OCH3 is 1. The average molecular weight is 239 g/mol. The van der Waals surface area contributed by atoms with E-state index in [1.165, 1.54) is 0 Å². The summed E-state index contributed by atoms with van der Waals surface area (Å²) in [6, 6.07) is 1.74. The van der Waals surface area contributed by atoms with Crippen LogP contribution in [0.1, 0.15) is 27.7 Å². The Morgan fingerprint density at radius 2 is 2.12 bits per heavy atom. The molecule has 0 fully saturated rings. The van der Waals surface area contributed by atoms with Crippen LogP contribution in [0.5, 0.6) is 5.88 Å². The molecule has 0 radical (unpaired) electrons. The Morgan fingerprint density at radius 3 is 2.71 bits per heavy atom. The van der Waals surface area contributed by atoms with Crippen molar-refractivity contribution in [3.8, 4) is 5.88 Å². The van der Waals surface area contributed by atoms with Crippen molar-refractivity contribution in [3.63, 3.8) is 0 Å². The minimum Gasteiger partial charge on any atom is -0.475 e. The summed E-state index contributed by atoms with van der Waals surface area (Å²) < 4.78 is 10.8. The molecule has 1 rings (SSSR count). The third-order valence-corrected chi connectivity index (χ3v) is 2.21. The second-order valence-corrected chi connectivity index (χ2v) is 4.70. The number of anilines is 1. The van der Waals surface area contributed by atoms with E-state index in [2.05, 4.69) is 15.3 Å². The molecule has 0 aliphatic rings. The first-order valence-corrected chi connectivity index (χ1v) is 5.72. The van der Waals surface area contributed by atoms with Crippen molar-refractivity contribution in [2.45, 2.75) is 39.4 Å². The van der Waals surface area contributed by atoms with E-state index >= 15 is 0 Å². The van der Waals surface area contributed by atoms with Crippen LogP contribution in [0.4, 0.5) is 5.95 Å². The second-order valence-electron chi connectivity index (χ2n) is 4.70. The molecule has 1 aromatic heterocycles. The van der Waals surface area contributed by atoms with Crippen LogP contribution < -0.4 is 10.1 Å². The van der Waals surface area contributed by atoms with Gasteiger partial charge in [-0.2, -0.15) is 4.98 Å². The molecule has 1 N–H and O–H groups in total. The Balaban J connectivity index is 2.60. The summed E-state index contributed by atoms with van der Waals surface area (Å²) in [5, 5.41) is 3.12. The van der Waals surface area contributed by atoms with E-state index in [0.717, 1.165) is 0 Å². The zero-order valence-electron chi connectivity index (χ0n) is 11.2. The maximum atomic E-state index is 5.49. The monoisotopic (exact) mass is 239 g/mol. The van der Waals surface area contributed by atoms with E-state index in [9.17, 15) is 0 Å². The molecule has 0 atom stereocenters. The van der Waals surface area contributed by atoms with Gasteiger partial charge in [0.2, 0.25) is 11.8 Å². The minimum atomic E-state index is -0.252. The zero-order chi connectivity index (χ0) is 12.9. The fourth-order valence-electron chi connectivity index (χ4n) is 1.10. The summed E-state index contributed by atoms with van der Waals surface area (Å²) in [6.45, 7) is 8.55. The molecule has 0 bridgehead atoms. The Kier molecular flexibility index (Phi) is 4.69. The van der Waals surface area contributed by atoms with Crippen molar-refractivity contribution in [1.82, 2.24) is 9.97 Å². The standard InChI is InChI=1S/C12H21N3O2/c1-9(2)17-10-6-7-13-11(15-10)14-8-12(3,4)16-5/h6-7,9H,8H2,1-5H3,(H,13,14,15). The number of hydrogen-bond donors (Lipinski definition) is 1. The van der Waals surface area contributed by atoms with Crippen molar-refractivity contribution in [2.75, 3.05) is 19.0 Å². The first-order chi connectivity index (χ1) is 7.93. The highest BCUT2D eigenvalue weighted by molar-refractivity contribution is 5.27. The number of nitrogens with zero attached hydrogens (tertiary/aromatic N) is 2. The van der Waals surface area contributed by atoms with Crippen LogP contribution in [0.2, 0.25) is 0 Å². The van der Waals surface area contributed by atoms with Gasteiger partial charge in [0.25, 0.3) is 0 Å². The normalized spacial score (nSPS) is 11.6. The Hall–Kier alpha value is -1.36. The highest BCUT2D eigenvalue weighted by atomic mass is 16.5. The molecule has 5 nitrogen and oxygen atoms in total. The number of aromatic nitrogens is 2. The van der Waals surface area contributed by atoms with E-state index in [1.54, 1.807) is 19.4 Å². The molecule has 0 unspecified atom stereocenters. The van der Waals surface area contributed by atoms with E-state index in [-0.39, 0.29) is 11.7 Å². The summed E-state index contributed by atoms with van der Waals surface area (Å²) >= 11 is 0. The van der Waals surface area contributed by atoms with Gasteiger partial charge in [-0.25, -0.2) is 4.98 Å². The van der Waals surface area contributed by atoms with Crippen LogP contribution in [-0.2, 0) is 4.74 Å². The number of nitrogens with one attached hydrogen (secondary N) is 1. The van der Waals surface area contributed by atoms with Crippen molar-refractivity contribution in [3.05, 3.63) is 12.3 Å². The van der Waals surface area contributed by atoms with E-state index < -0.39 is 0 Å². The zero-order valence-corrected chi connectivity index (χ0v) is 11.2. The van der Waals surface area contributed by atoms with Crippen LogP contribution in [0, 0.1) is 0 Å². The third kappa shape index (κ3) is 4.99. The van der Waals surface area contributed by atoms with Crippen molar-refractivity contribution in [2.24, 2.45) is 0 Å². The minimum absolute atomic E-state index is 0.105. The first-order valence-electron chi connectivity index (χ1n) is 5.72. The van der Waals surface area contributed by atoms with E-state index in [4.69, 9.17) is 9.47 Å². The summed E-state index contributed by atoms with van der Waals surface area (Å²) in [6.07, 6.45) is 1.78. The van der Waals surface area contributed by atoms with Gasteiger partial charge >= 0.3 is 0 Å². The Labute approximate surface area is 103 Å². The van der Waals surface area contributed by atoms with Crippen LogP contribution >= 0.6 is 0 Å². The smallest absolute Gasteiger partial charge is 0.226 e. The average Bonchev–Trinajstić information content (AvgIpc) is 2.26. The molecule has 17 heavy (non-hydrogen) atoms. The number of hydrogen-bond acceptors (Lipinski definition) is 5. The van der Waals surface area contributed by atoms with Crippen molar-refractivity contribution < 1.29 is 9.47 Å². The molecule has 1 heterocycles. The van der Waals surface area contributed by atoms with Crippen LogP contribution in [0.3, 0.4) is 0 Å². The van der Waals surface area contributed by atoms with E-state index in [1.807, 2.05) is 27.7 Å². The molecular formula is C12H21N3O2. The molecule has 1 aromatic rings. The van der Waals surface area contributed by atoms with Gasteiger partial charge in [0, 0.05) is 25.9 Å². The van der Waals surface area contributed by atoms with Gasteiger partial charge in [0.1, 0.15) is 0 Å². The fraction of sp³-hybridized carbons (Fsp3) is 0.667. The summed E-state index contributed by atoms with van der Waals surface area (Å²) in [7, 11) is 1.68. The lowest BCUT2D eigenvalue weighted by molar-refractivity contribution is 0.0342. The molecular weight excluding hydrogens is 218 g/mol. The van der Waals surface area contributed by atoms with E-state index in [0.29, 0.717) is 18.4 Å². The summed E-state index contributed by atoms with van der Waals surface area (Å²) in [5.74, 6) is 1.13. The van der Waals surface area contributed by atoms with Crippen molar-refractivity contribution >= 4 is 5.95 Å². The van der Waals surface area contributed by atoms with Crippen molar-refractivity contribution in [1.29, 1.82) is 0 Å². The number of ether oxygens (including phenoxy) is 2. The van der Waals surface area contributed by atoms with Gasteiger partial charge in [-0.1, -0.05) is 0 Å². The largest absolute Gasteiger partial charge is 0.475 e. The van der Waals surface area contributed by atoms with Gasteiger partial charge in [-0.05, 0) is 27.7 Å². The molecule has 0 aliphatic heterocycles. The quantitative estimate of drug-likeness (QED) is 0.824. The molecule has 5 heteroatoms. The molecule has 96 valence electrons. The Morgan fingerprint density at radius 1 is 1.41 bits per heavy atom.